The molecule has 0 fully saturated rings. The fourth-order valence-corrected chi connectivity index (χ4v) is 2.29. The van der Waals surface area contributed by atoms with Gasteiger partial charge in [-0.15, -0.1) is 0 Å². The molecule has 0 bridgehead atoms. The fourth-order valence-electron chi connectivity index (χ4n) is 2.29. The molecule has 3 heteroatoms. The number of likely N-dealkylation sites (N-methyl/N-ethyl adjacent to an activating group) is 1. The van der Waals surface area contributed by atoms with Crippen molar-refractivity contribution < 1.29 is 0 Å². The van der Waals surface area contributed by atoms with Gasteiger partial charge in [0.25, 0.3) is 0 Å². The first-order chi connectivity index (χ1) is 8.86. The summed E-state index contributed by atoms with van der Waals surface area (Å²) in [5.74, 6) is 1.47. The Morgan fingerprint density at radius 1 is 0.895 bits per heavy atom. The molecule has 0 saturated carbocycles. The molecule has 116 valence electrons. The van der Waals surface area contributed by atoms with Crippen molar-refractivity contribution in [3.8, 4) is 0 Å². The van der Waals surface area contributed by atoms with E-state index < -0.39 is 0 Å². The molecule has 0 amide bonds. The molecule has 0 spiro atoms. The molecule has 3 nitrogen and oxygen atoms in total. The second-order valence-corrected chi connectivity index (χ2v) is 6.81. The summed E-state index contributed by atoms with van der Waals surface area (Å²) in [6, 6.07) is 0.668. The van der Waals surface area contributed by atoms with E-state index in [1.807, 2.05) is 0 Å². The van der Waals surface area contributed by atoms with Crippen LogP contribution in [0.4, 0.5) is 0 Å². The third-order valence-corrected chi connectivity index (χ3v) is 3.35. The Balaban J connectivity index is 4.31. The lowest BCUT2D eigenvalue weighted by atomic mass is 10.1. The number of hydrogen-bond donors (Lipinski definition) is 1. The smallest absolute Gasteiger partial charge is 0.0218 e. The van der Waals surface area contributed by atoms with Gasteiger partial charge in [-0.3, -0.25) is 4.90 Å². The van der Waals surface area contributed by atoms with Crippen LogP contribution < -0.4 is 5.32 Å². The van der Waals surface area contributed by atoms with E-state index in [0.29, 0.717) is 6.04 Å². The first kappa shape index (κ1) is 18.9. The van der Waals surface area contributed by atoms with Gasteiger partial charge in [0.2, 0.25) is 0 Å². The second kappa shape index (κ2) is 10.6. The van der Waals surface area contributed by atoms with Gasteiger partial charge >= 0.3 is 0 Å². The highest BCUT2D eigenvalue weighted by Gasteiger charge is 2.17. The molecule has 0 aromatic heterocycles. The minimum Gasteiger partial charge on any atom is -0.315 e. The predicted molar refractivity (Wildman–Crippen MR) is 86.8 cm³/mol. The zero-order chi connectivity index (χ0) is 14.8. The first-order valence-electron chi connectivity index (χ1n) is 7.96. The Bertz CT molecular complexity index is 202. The van der Waals surface area contributed by atoms with Crippen LogP contribution in [0.2, 0.25) is 0 Å². The zero-order valence-electron chi connectivity index (χ0n) is 14.4. The van der Waals surface area contributed by atoms with E-state index in [9.17, 15) is 0 Å². The van der Waals surface area contributed by atoms with Crippen LogP contribution in [0.25, 0.3) is 0 Å². The third kappa shape index (κ3) is 10.3. The van der Waals surface area contributed by atoms with Gasteiger partial charge in [0.15, 0.2) is 0 Å². The summed E-state index contributed by atoms with van der Waals surface area (Å²) >= 11 is 0. The quantitative estimate of drug-likeness (QED) is 0.623. The van der Waals surface area contributed by atoms with E-state index in [-0.39, 0.29) is 0 Å². The van der Waals surface area contributed by atoms with E-state index in [1.54, 1.807) is 0 Å². The van der Waals surface area contributed by atoms with E-state index >= 15 is 0 Å². The highest BCUT2D eigenvalue weighted by Crippen LogP contribution is 2.08. The summed E-state index contributed by atoms with van der Waals surface area (Å²) in [7, 11) is 4.32. The van der Waals surface area contributed by atoms with Crippen molar-refractivity contribution in [3.05, 3.63) is 0 Å². The maximum Gasteiger partial charge on any atom is 0.0218 e. The molecule has 0 saturated heterocycles. The van der Waals surface area contributed by atoms with E-state index in [4.69, 9.17) is 0 Å². The standard InChI is InChI=1S/C16H37N3/c1-8-16(12-17-11-14(2)3)19(13-15(4)5)10-9-18(6)7/h14-17H,8-13H2,1-7H3. The van der Waals surface area contributed by atoms with Crippen molar-refractivity contribution in [2.24, 2.45) is 11.8 Å². The average molecular weight is 271 g/mol. The largest absolute Gasteiger partial charge is 0.315 e. The molecule has 0 aliphatic rings. The van der Waals surface area contributed by atoms with Crippen molar-refractivity contribution in [1.29, 1.82) is 0 Å². The van der Waals surface area contributed by atoms with Crippen LogP contribution in [-0.4, -0.2) is 62.7 Å². The van der Waals surface area contributed by atoms with Gasteiger partial charge in [-0.2, -0.15) is 0 Å². The van der Waals surface area contributed by atoms with Gasteiger partial charge in [-0.05, 0) is 38.9 Å². The van der Waals surface area contributed by atoms with Gasteiger partial charge in [0.1, 0.15) is 0 Å². The molecule has 19 heavy (non-hydrogen) atoms. The molecule has 1 N–H and O–H groups in total. The molecular formula is C16H37N3. The maximum atomic E-state index is 3.62. The maximum absolute atomic E-state index is 3.62. The molecule has 0 radical (unpaired) electrons. The highest BCUT2D eigenvalue weighted by atomic mass is 15.2. The monoisotopic (exact) mass is 271 g/mol. The third-order valence-electron chi connectivity index (χ3n) is 3.35. The Kier molecular flexibility index (Phi) is 10.6. The Labute approximate surface area is 121 Å². The van der Waals surface area contributed by atoms with Crippen molar-refractivity contribution in [2.45, 2.75) is 47.1 Å². The number of rotatable bonds is 11. The zero-order valence-corrected chi connectivity index (χ0v) is 14.4. The van der Waals surface area contributed by atoms with Crippen LogP contribution >= 0.6 is 0 Å². The van der Waals surface area contributed by atoms with Crippen LogP contribution in [0.3, 0.4) is 0 Å². The summed E-state index contributed by atoms with van der Waals surface area (Å²) in [6.45, 7) is 17.3. The topological polar surface area (TPSA) is 18.5 Å². The molecule has 0 aliphatic carbocycles. The summed E-state index contributed by atoms with van der Waals surface area (Å²) in [4.78, 5) is 4.94. The normalized spacial score (nSPS) is 14.1. The summed E-state index contributed by atoms with van der Waals surface area (Å²) < 4.78 is 0. The lowest BCUT2D eigenvalue weighted by Crippen LogP contribution is -2.46. The fraction of sp³-hybridized carbons (Fsp3) is 1.00. The van der Waals surface area contributed by atoms with Crippen LogP contribution in [0, 0.1) is 11.8 Å². The molecule has 0 aliphatic heterocycles. The van der Waals surface area contributed by atoms with E-state index in [2.05, 4.69) is 63.8 Å². The Hall–Kier alpha value is -0.120. The second-order valence-electron chi connectivity index (χ2n) is 6.81. The molecule has 0 heterocycles. The van der Waals surface area contributed by atoms with Gasteiger partial charge in [0.05, 0.1) is 0 Å². The van der Waals surface area contributed by atoms with Crippen LogP contribution in [0.5, 0.6) is 0 Å². The van der Waals surface area contributed by atoms with Crippen LogP contribution in [0.15, 0.2) is 0 Å². The Morgan fingerprint density at radius 2 is 1.53 bits per heavy atom. The summed E-state index contributed by atoms with van der Waals surface area (Å²) in [6.07, 6.45) is 1.23. The molecule has 0 aromatic rings. The van der Waals surface area contributed by atoms with Crippen molar-refractivity contribution >= 4 is 0 Å². The molecule has 0 rings (SSSR count). The van der Waals surface area contributed by atoms with Crippen LogP contribution in [-0.2, 0) is 0 Å². The van der Waals surface area contributed by atoms with Gasteiger partial charge < -0.3 is 10.2 Å². The lowest BCUT2D eigenvalue weighted by molar-refractivity contribution is 0.152. The number of nitrogens with zero attached hydrogens (tertiary/aromatic N) is 2. The average Bonchev–Trinajstić information content (AvgIpc) is 2.29. The van der Waals surface area contributed by atoms with Crippen LogP contribution in [0.1, 0.15) is 41.0 Å². The van der Waals surface area contributed by atoms with Gasteiger partial charge in [-0.25, -0.2) is 0 Å². The molecule has 0 aromatic carbocycles. The minimum atomic E-state index is 0.668. The van der Waals surface area contributed by atoms with Crippen molar-refractivity contribution in [1.82, 2.24) is 15.1 Å². The molecular weight excluding hydrogens is 234 g/mol. The SMILES string of the molecule is CCC(CNCC(C)C)N(CCN(C)C)CC(C)C. The first-order valence-corrected chi connectivity index (χ1v) is 7.96. The summed E-state index contributed by atoms with van der Waals surface area (Å²) in [5.41, 5.74) is 0. The van der Waals surface area contributed by atoms with E-state index in [0.717, 1.165) is 31.5 Å². The highest BCUT2D eigenvalue weighted by molar-refractivity contribution is 4.75. The van der Waals surface area contributed by atoms with Crippen molar-refractivity contribution in [2.75, 3.05) is 46.8 Å². The molecule has 1 unspecified atom stereocenters. The van der Waals surface area contributed by atoms with E-state index in [1.165, 1.54) is 19.5 Å². The number of hydrogen-bond acceptors (Lipinski definition) is 3. The molecule has 1 atom stereocenters. The van der Waals surface area contributed by atoms with Gasteiger partial charge in [-0.1, -0.05) is 34.6 Å². The van der Waals surface area contributed by atoms with Gasteiger partial charge in [0, 0.05) is 32.2 Å². The Morgan fingerprint density at radius 3 is 1.95 bits per heavy atom. The predicted octanol–water partition coefficient (Wildman–Crippen LogP) is 2.53. The number of nitrogens with one attached hydrogen (secondary N) is 1. The summed E-state index contributed by atoms with van der Waals surface area (Å²) in [5, 5.41) is 3.62. The minimum absolute atomic E-state index is 0.668. The lowest BCUT2D eigenvalue weighted by Gasteiger charge is -2.33. The van der Waals surface area contributed by atoms with Crippen molar-refractivity contribution in [3.63, 3.8) is 0 Å².